The fourth-order valence-corrected chi connectivity index (χ4v) is 2.39. The van der Waals surface area contributed by atoms with Gasteiger partial charge >= 0.3 is 0 Å². The van der Waals surface area contributed by atoms with Crippen LogP contribution in [-0.4, -0.2) is 20.3 Å². The lowest BCUT2D eigenvalue weighted by Crippen LogP contribution is -1.97. The molecule has 0 fully saturated rings. The lowest BCUT2D eigenvalue weighted by atomic mass is 10.2. The van der Waals surface area contributed by atoms with Crippen molar-refractivity contribution in [1.29, 1.82) is 0 Å². The average molecular weight is 345 g/mol. The second kappa shape index (κ2) is 5.10. The summed E-state index contributed by atoms with van der Waals surface area (Å²) in [5.74, 6) is 0. The summed E-state index contributed by atoms with van der Waals surface area (Å²) >= 11 is 6.84. The van der Waals surface area contributed by atoms with Gasteiger partial charge in [-0.3, -0.25) is 0 Å². The van der Waals surface area contributed by atoms with Crippen LogP contribution in [-0.2, 0) is 6.42 Å². The van der Waals surface area contributed by atoms with Gasteiger partial charge < -0.3 is 0 Å². The van der Waals surface area contributed by atoms with E-state index in [9.17, 15) is 0 Å². The third-order valence-corrected chi connectivity index (χ3v) is 3.19. The minimum absolute atomic E-state index is 0.898. The number of hydrogen-bond donors (Lipinski definition) is 0. The molecular formula is C11H11Br2N3. The topological polar surface area (TPSA) is 30.7 Å². The summed E-state index contributed by atoms with van der Waals surface area (Å²) in [6.45, 7) is 2.06. The van der Waals surface area contributed by atoms with Gasteiger partial charge in [-0.2, -0.15) is 0 Å². The highest BCUT2D eigenvalue weighted by Gasteiger charge is 2.05. The fraction of sp³-hybridized carbons (Fsp3) is 0.273. The maximum Gasteiger partial charge on any atom is 0.0840 e. The molecule has 0 aliphatic rings. The first-order chi connectivity index (χ1) is 7.70. The van der Waals surface area contributed by atoms with Crippen LogP contribution >= 0.6 is 31.9 Å². The number of aryl methyl sites for hydroxylation is 2. The van der Waals surface area contributed by atoms with Crippen molar-refractivity contribution >= 4 is 31.9 Å². The number of benzene rings is 1. The molecule has 16 heavy (non-hydrogen) atoms. The Bertz CT molecular complexity index is 494. The zero-order valence-electron chi connectivity index (χ0n) is 8.82. The second-order valence-electron chi connectivity index (χ2n) is 3.52. The van der Waals surface area contributed by atoms with Gasteiger partial charge in [0.15, 0.2) is 0 Å². The third-order valence-electron chi connectivity index (χ3n) is 2.30. The minimum atomic E-state index is 0.898. The van der Waals surface area contributed by atoms with Crippen LogP contribution in [0.1, 0.15) is 11.3 Å². The van der Waals surface area contributed by atoms with E-state index in [1.165, 1.54) is 5.56 Å². The first-order valence-electron chi connectivity index (χ1n) is 4.94. The molecule has 0 bridgehead atoms. The van der Waals surface area contributed by atoms with Gasteiger partial charge in [0.2, 0.25) is 0 Å². The molecular weight excluding hydrogens is 334 g/mol. The van der Waals surface area contributed by atoms with Crippen LogP contribution in [0.5, 0.6) is 0 Å². The lowest BCUT2D eigenvalue weighted by molar-refractivity contribution is 0.793. The first-order valence-corrected chi connectivity index (χ1v) is 6.86. The Hall–Kier alpha value is -0.680. The molecule has 0 atom stereocenters. The Morgan fingerprint density at radius 1 is 1.38 bits per heavy atom. The quantitative estimate of drug-likeness (QED) is 0.800. The van der Waals surface area contributed by atoms with E-state index in [2.05, 4.69) is 55.2 Å². The average Bonchev–Trinajstić information content (AvgIpc) is 2.67. The molecule has 0 saturated carbocycles. The first kappa shape index (κ1) is 11.8. The molecule has 0 unspecified atom stereocenters. The van der Waals surface area contributed by atoms with E-state index in [-0.39, 0.29) is 0 Å². The summed E-state index contributed by atoms with van der Waals surface area (Å²) in [4.78, 5) is 0. The fourth-order valence-electron chi connectivity index (χ4n) is 1.50. The summed E-state index contributed by atoms with van der Waals surface area (Å²) < 4.78 is 2.90. The van der Waals surface area contributed by atoms with Gasteiger partial charge in [-0.15, -0.1) is 5.10 Å². The molecule has 0 saturated heterocycles. The van der Waals surface area contributed by atoms with Gasteiger partial charge in [0.25, 0.3) is 0 Å². The van der Waals surface area contributed by atoms with Gasteiger partial charge in [0.05, 0.1) is 17.6 Å². The zero-order valence-corrected chi connectivity index (χ0v) is 12.0. The van der Waals surface area contributed by atoms with Crippen LogP contribution in [0.3, 0.4) is 0 Å². The zero-order chi connectivity index (χ0) is 11.5. The van der Waals surface area contributed by atoms with E-state index in [0.717, 1.165) is 27.6 Å². The number of nitrogens with zero attached hydrogens (tertiary/aromatic N) is 3. The molecule has 0 spiro atoms. The van der Waals surface area contributed by atoms with Crippen molar-refractivity contribution in [2.75, 3.05) is 5.33 Å². The predicted octanol–water partition coefficient (Wildman–Crippen LogP) is 3.28. The maximum atomic E-state index is 4.13. The Kier molecular flexibility index (Phi) is 3.76. The standard InChI is InChI=1S/C11H11Br2N3/c1-8-6-9(13)2-3-11(8)16-7-10(4-5-12)14-15-16/h2-3,6-7H,4-5H2,1H3. The summed E-state index contributed by atoms with van der Waals surface area (Å²) in [5, 5.41) is 9.15. The summed E-state index contributed by atoms with van der Waals surface area (Å²) in [5.41, 5.74) is 3.24. The van der Waals surface area contributed by atoms with E-state index in [0.29, 0.717) is 0 Å². The second-order valence-corrected chi connectivity index (χ2v) is 5.23. The Labute approximate surface area is 111 Å². The Morgan fingerprint density at radius 2 is 2.19 bits per heavy atom. The van der Waals surface area contributed by atoms with Crippen LogP contribution in [0.2, 0.25) is 0 Å². The molecule has 2 aromatic rings. The van der Waals surface area contributed by atoms with Crippen LogP contribution in [0.4, 0.5) is 0 Å². The summed E-state index contributed by atoms with van der Waals surface area (Å²) in [6, 6.07) is 6.11. The largest absolute Gasteiger partial charge is 0.220 e. The van der Waals surface area contributed by atoms with E-state index in [1.807, 2.05) is 23.0 Å². The van der Waals surface area contributed by atoms with E-state index in [1.54, 1.807) is 0 Å². The van der Waals surface area contributed by atoms with Crippen molar-refractivity contribution < 1.29 is 0 Å². The SMILES string of the molecule is Cc1cc(Br)ccc1-n1cc(CCBr)nn1. The van der Waals surface area contributed by atoms with Crippen LogP contribution in [0.25, 0.3) is 5.69 Å². The molecule has 0 amide bonds. The van der Waals surface area contributed by atoms with Gasteiger partial charge in [-0.05, 0) is 30.7 Å². The van der Waals surface area contributed by atoms with Crippen molar-refractivity contribution in [2.24, 2.45) is 0 Å². The third kappa shape index (κ3) is 2.52. The van der Waals surface area contributed by atoms with Crippen LogP contribution < -0.4 is 0 Å². The Balaban J connectivity index is 2.35. The van der Waals surface area contributed by atoms with Crippen molar-refractivity contribution in [3.8, 4) is 5.69 Å². The van der Waals surface area contributed by atoms with Crippen LogP contribution in [0, 0.1) is 6.92 Å². The number of rotatable bonds is 3. The summed E-state index contributed by atoms with van der Waals surface area (Å²) in [7, 11) is 0. The molecule has 0 radical (unpaired) electrons. The number of alkyl halides is 1. The van der Waals surface area contributed by atoms with Gasteiger partial charge in [-0.25, -0.2) is 4.68 Å². The molecule has 5 heteroatoms. The lowest BCUT2D eigenvalue weighted by Gasteiger charge is -2.04. The van der Waals surface area contributed by atoms with Crippen molar-refractivity contribution in [2.45, 2.75) is 13.3 Å². The number of aromatic nitrogens is 3. The van der Waals surface area contributed by atoms with Gasteiger partial charge in [0, 0.05) is 16.2 Å². The molecule has 1 aromatic carbocycles. The van der Waals surface area contributed by atoms with Crippen molar-refractivity contribution in [3.63, 3.8) is 0 Å². The Morgan fingerprint density at radius 3 is 2.88 bits per heavy atom. The smallest absolute Gasteiger partial charge is 0.0840 e. The normalized spacial score (nSPS) is 10.7. The number of halogens is 2. The molecule has 1 heterocycles. The monoisotopic (exact) mass is 343 g/mol. The minimum Gasteiger partial charge on any atom is -0.220 e. The molecule has 0 N–H and O–H groups in total. The van der Waals surface area contributed by atoms with E-state index >= 15 is 0 Å². The van der Waals surface area contributed by atoms with Crippen molar-refractivity contribution in [3.05, 3.63) is 40.1 Å². The van der Waals surface area contributed by atoms with Crippen molar-refractivity contribution in [1.82, 2.24) is 15.0 Å². The molecule has 3 nitrogen and oxygen atoms in total. The maximum absolute atomic E-state index is 4.13. The summed E-state index contributed by atoms with van der Waals surface area (Å²) in [6.07, 6.45) is 2.87. The molecule has 2 rings (SSSR count). The predicted molar refractivity (Wildman–Crippen MR) is 71.3 cm³/mol. The molecule has 84 valence electrons. The highest BCUT2D eigenvalue weighted by atomic mass is 79.9. The van der Waals surface area contributed by atoms with E-state index in [4.69, 9.17) is 0 Å². The van der Waals surface area contributed by atoms with Gasteiger partial charge in [-0.1, -0.05) is 37.1 Å². The number of hydrogen-bond acceptors (Lipinski definition) is 2. The molecule has 0 aliphatic heterocycles. The highest BCUT2D eigenvalue weighted by Crippen LogP contribution is 2.18. The van der Waals surface area contributed by atoms with E-state index < -0.39 is 0 Å². The highest BCUT2D eigenvalue weighted by molar-refractivity contribution is 9.10. The van der Waals surface area contributed by atoms with Crippen LogP contribution in [0.15, 0.2) is 28.9 Å². The molecule has 1 aromatic heterocycles. The molecule has 0 aliphatic carbocycles. The van der Waals surface area contributed by atoms with Gasteiger partial charge in [0.1, 0.15) is 0 Å².